The predicted octanol–water partition coefficient (Wildman–Crippen LogP) is 6.51. The summed E-state index contributed by atoms with van der Waals surface area (Å²) >= 11 is 0. The molecule has 1 aliphatic carbocycles. The molecule has 0 unspecified atom stereocenters. The minimum Gasteiger partial charge on any atom is -0.345 e. The Morgan fingerprint density at radius 1 is 0.960 bits per heavy atom. The first kappa shape index (κ1) is 16.1. The van der Waals surface area contributed by atoms with Gasteiger partial charge in [-0.25, -0.2) is 0 Å². The van der Waals surface area contributed by atoms with Crippen molar-refractivity contribution >= 4 is 22.7 Å². The zero-order valence-electron chi connectivity index (χ0n) is 15.2. The van der Waals surface area contributed by atoms with Crippen molar-refractivity contribution in [2.45, 2.75) is 52.0 Å². The highest BCUT2D eigenvalue weighted by Gasteiger charge is 2.19. The normalized spacial score (nSPS) is 16.1. The highest BCUT2D eigenvalue weighted by Crippen LogP contribution is 2.32. The van der Waals surface area contributed by atoms with E-state index in [0.717, 1.165) is 5.69 Å². The van der Waals surface area contributed by atoms with Crippen LogP contribution in [0.25, 0.3) is 10.8 Å². The summed E-state index contributed by atoms with van der Waals surface area (Å²) in [4.78, 5) is 4.83. The number of aryl methyl sites for hydroxylation is 1. The minimum absolute atomic E-state index is 0.674. The van der Waals surface area contributed by atoms with E-state index >= 15 is 0 Å². The largest absolute Gasteiger partial charge is 0.345 e. The molecule has 2 heteroatoms. The lowest BCUT2D eigenvalue weighted by atomic mass is 9.95. The van der Waals surface area contributed by atoms with Gasteiger partial charge in [0.05, 0.1) is 5.69 Å². The van der Waals surface area contributed by atoms with Gasteiger partial charge in [0.2, 0.25) is 0 Å². The highest BCUT2D eigenvalue weighted by molar-refractivity contribution is 5.95. The Labute approximate surface area is 150 Å². The Morgan fingerprint density at radius 2 is 1.72 bits per heavy atom. The van der Waals surface area contributed by atoms with Crippen molar-refractivity contribution in [2.24, 2.45) is 4.99 Å². The lowest BCUT2D eigenvalue weighted by Gasteiger charge is -2.26. The highest BCUT2D eigenvalue weighted by atomic mass is 15.0. The second kappa shape index (κ2) is 6.87. The lowest BCUT2D eigenvalue weighted by molar-refractivity contribution is 0.346. The molecule has 0 bridgehead atoms. The number of benzene rings is 2. The number of aliphatic imine (C=N–C) groups is 1. The molecule has 0 N–H and O–H groups in total. The summed E-state index contributed by atoms with van der Waals surface area (Å²) in [5.74, 6) is 0. The Bertz CT molecular complexity index is 906. The van der Waals surface area contributed by atoms with Crippen LogP contribution >= 0.6 is 0 Å². The van der Waals surface area contributed by atoms with E-state index in [2.05, 4.69) is 66.9 Å². The van der Waals surface area contributed by atoms with E-state index in [1.807, 2.05) is 6.21 Å². The van der Waals surface area contributed by atoms with Crippen molar-refractivity contribution in [1.29, 1.82) is 0 Å². The maximum absolute atomic E-state index is 4.83. The van der Waals surface area contributed by atoms with Crippen LogP contribution in [0.3, 0.4) is 0 Å². The molecule has 0 spiro atoms. The number of fused-ring (bicyclic) bond motifs is 1. The first-order valence-electron chi connectivity index (χ1n) is 9.44. The van der Waals surface area contributed by atoms with Gasteiger partial charge in [-0.2, -0.15) is 0 Å². The number of hydrogen-bond donors (Lipinski definition) is 0. The minimum atomic E-state index is 0.674. The van der Waals surface area contributed by atoms with Gasteiger partial charge in [-0.15, -0.1) is 0 Å². The SMILES string of the molecule is Cc1cc(C=Nc2cccc3ccccc23)c(C)n1C1CCCCC1. The van der Waals surface area contributed by atoms with Crippen molar-refractivity contribution in [3.8, 4) is 0 Å². The van der Waals surface area contributed by atoms with Gasteiger partial charge >= 0.3 is 0 Å². The maximum Gasteiger partial charge on any atom is 0.0708 e. The quantitative estimate of drug-likeness (QED) is 0.487. The molecule has 0 atom stereocenters. The second-order valence-corrected chi connectivity index (χ2v) is 7.24. The van der Waals surface area contributed by atoms with Gasteiger partial charge in [0.15, 0.2) is 0 Å². The molecule has 25 heavy (non-hydrogen) atoms. The monoisotopic (exact) mass is 330 g/mol. The van der Waals surface area contributed by atoms with Crippen LogP contribution in [0.15, 0.2) is 53.5 Å². The molecular formula is C23H26N2. The fourth-order valence-corrected chi connectivity index (χ4v) is 4.29. The fraction of sp³-hybridized carbons (Fsp3) is 0.348. The third-order valence-electron chi connectivity index (χ3n) is 5.57. The maximum atomic E-state index is 4.83. The van der Waals surface area contributed by atoms with E-state index in [4.69, 9.17) is 4.99 Å². The molecule has 2 aromatic carbocycles. The Kier molecular flexibility index (Phi) is 4.44. The van der Waals surface area contributed by atoms with Gasteiger partial charge in [0.1, 0.15) is 0 Å². The Hall–Kier alpha value is -2.35. The topological polar surface area (TPSA) is 17.3 Å². The molecule has 0 aliphatic heterocycles. The molecule has 128 valence electrons. The molecule has 4 rings (SSSR count). The van der Waals surface area contributed by atoms with Crippen LogP contribution in [0.5, 0.6) is 0 Å². The summed E-state index contributed by atoms with van der Waals surface area (Å²) in [6.45, 7) is 4.48. The van der Waals surface area contributed by atoms with Crippen LogP contribution in [-0.2, 0) is 0 Å². The molecule has 1 aromatic heterocycles. The van der Waals surface area contributed by atoms with E-state index in [-0.39, 0.29) is 0 Å². The van der Waals surface area contributed by atoms with Crippen molar-refractivity contribution in [1.82, 2.24) is 4.57 Å². The zero-order chi connectivity index (χ0) is 17.2. The van der Waals surface area contributed by atoms with E-state index in [9.17, 15) is 0 Å². The van der Waals surface area contributed by atoms with Crippen molar-refractivity contribution < 1.29 is 0 Å². The van der Waals surface area contributed by atoms with Crippen LogP contribution in [0.2, 0.25) is 0 Å². The number of nitrogens with zero attached hydrogens (tertiary/aromatic N) is 2. The van der Waals surface area contributed by atoms with E-state index in [1.54, 1.807) is 0 Å². The van der Waals surface area contributed by atoms with Gasteiger partial charge in [-0.1, -0.05) is 55.7 Å². The van der Waals surface area contributed by atoms with Gasteiger partial charge in [0, 0.05) is 34.6 Å². The molecule has 1 heterocycles. The van der Waals surface area contributed by atoms with Crippen LogP contribution in [-0.4, -0.2) is 10.8 Å². The van der Waals surface area contributed by atoms with E-state index < -0.39 is 0 Å². The van der Waals surface area contributed by atoms with Crippen LogP contribution < -0.4 is 0 Å². The Balaban J connectivity index is 1.67. The molecule has 1 aliphatic rings. The summed E-state index contributed by atoms with van der Waals surface area (Å²) in [6.07, 6.45) is 8.80. The van der Waals surface area contributed by atoms with Gasteiger partial charge in [-0.3, -0.25) is 4.99 Å². The van der Waals surface area contributed by atoms with Gasteiger partial charge < -0.3 is 4.57 Å². The van der Waals surface area contributed by atoms with Crippen LogP contribution in [0, 0.1) is 13.8 Å². The summed E-state index contributed by atoms with van der Waals surface area (Å²) in [6, 6.07) is 17.7. The standard InChI is InChI=1S/C23H26N2/c1-17-15-20(18(2)25(17)21-11-4-3-5-12-21)16-24-23-14-8-10-19-9-6-7-13-22(19)23/h6-10,13-16,21H,3-5,11-12H2,1-2H3. The summed E-state index contributed by atoms with van der Waals surface area (Å²) in [5, 5.41) is 2.45. The molecule has 0 saturated heterocycles. The average Bonchev–Trinajstić information content (AvgIpc) is 2.94. The molecule has 2 nitrogen and oxygen atoms in total. The first-order valence-corrected chi connectivity index (χ1v) is 9.44. The average molecular weight is 330 g/mol. The molecule has 0 radical (unpaired) electrons. The van der Waals surface area contributed by atoms with Gasteiger partial charge in [0.25, 0.3) is 0 Å². The van der Waals surface area contributed by atoms with Crippen molar-refractivity contribution in [3.05, 3.63) is 65.5 Å². The molecule has 1 saturated carbocycles. The molecule has 0 amide bonds. The smallest absolute Gasteiger partial charge is 0.0708 e. The number of hydrogen-bond acceptors (Lipinski definition) is 1. The summed E-state index contributed by atoms with van der Waals surface area (Å²) in [7, 11) is 0. The van der Waals surface area contributed by atoms with Crippen molar-refractivity contribution in [2.75, 3.05) is 0 Å². The van der Waals surface area contributed by atoms with Crippen LogP contribution in [0.4, 0.5) is 5.69 Å². The lowest BCUT2D eigenvalue weighted by Crippen LogP contribution is -2.15. The first-order chi connectivity index (χ1) is 12.2. The molecular weight excluding hydrogens is 304 g/mol. The third-order valence-corrected chi connectivity index (χ3v) is 5.57. The van der Waals surface area contributed by atoms with Crippen LogP contribution in [0.1, 0.15) is 55.1 Å². The number of rotatable bonds is 3. The Morgan fingerprint density at radius 3 is 2.56 bits per heavy atom. The summed E-state index contributed by atoms with van der Waals surface area (Å²) < 4.78 is 2.55. The zero-order valence-corrected chi connectivity index (χ0v) is 15.2. The van der Waals surface area contributed by atoms with E-state index in [1.165, 1.54) is 59.8 Å². The molecule has 1 fully saturated rings. The van der Waals surface area contributed by atoms with Crippen molar-refractivity contribution in [3.63, 3.8) is 0 Å². The third kappa shape index (κ3) is 3.13. The number of aromatic nitrogens is 1. The fourth-order valence-electron chi connectivity index (χ4n) is 4.29. The van der Waals surface area contributed by atoms with E-state index in [0.29, 0.717) is 6.04 Å². The van der Waals surface area contributed by atoms with Gasteiger partial charge in [-0.05, 0) is 44.2 Å². The molecule has 3 aromatic rings. The summed E-state index contributed by atoms with van der Waals surface area (Å²) in [5.41, 5.74) is 5.01. The second-order valence-electron chi connectivity index (χ2n) is 7.24. The predicted molar refractivity (Wildman–Crippen MR) is 107 cm³/mol.